The number of nitrogens with two attached hydrogens (primary N) is 1. The molecule has 0 saturated carbocycles. The zero-order valence-corrected chi connectivity index (χ0v) is 12.7. The lowest BCUT2D eigenvalue weighted by atomic mass is 10.1. The van der Waals surface area contributed by atoms with E-state index in [1.807, 2.05) is 25.1 Å². The fourth-order valence-corrected chi connectivity index (χ4v) is 2.37. The summed E-state index contributed by atoms with van der Waals surface area (Å²) in [5.41, 5.74) is 8.45. The van der Waals surface area contributed by atoms with E-state index in [9.17, 15) is 8.42 Å². The van der Waals surface area contributed by atoms with Gasteiger partial charge in [-0.1, -0.05) is 12.2 Å². The Morgan fingerprint density at radius 1 is 1.37 bits per heavy atom. The predicted molar refractivity (Wildman–Crippen MR) is 83.0 cm³/mol. The maximum absolute atomic E-state index is 10.9. The summed E-state index contributed by atoms with van der Waals surface area (Å²) in [6.07, 6.45) is 1.86. The lowest BCUT2D eigenvalue weighted by Gasteiger charge is -2.10. The quantitative estimate of drug-likeness (QED) is 0.516. The van der Waals surface area contributed by atoms with Crippen molar-refractivity contribution in [2.75, 3.05) is 24.7 Å². The van der Waals surface area contributed by atoms with Crippen LogP contribution in [-0.4, -0.2) is 32.8 Å². The summed E-state index contributed by atoms with van der Waals surface area (Å²) in [6, 6.07) is 5.76. The number of thiocarbonyl (C=S) groups is 1. The maximum Gasteiger partial charge on any atom is 0.208 e. The molecule has 0 aliphatic heterocycles. The predicted octanol–water partition coefficient (Wildman–Crippen LogP) is 0.980. The molecule has 0 fully saturated rings. The summed E-state index contributed by atoms with van der Waals surface area (Å²) in [7, 11) is -3.10. The van der Waals surface area contributed by atoms with Crippen LogP contribution in [0.3, 0.4) is 0 Å². The minimum atomic E-state index is -3.10. The van der Waals surface area contributed by atoms with Crippen molar-refractivity contribution in [3.05, 3.63) is 29.3 Å². The van der Waals surface area contributed by atoms with E-state index >= 15 is 0 Å². The molecule has 0 aliphatic rings. The van der Waals surface area contributed by atoms with Gasteiger partial charge in [-0.05, 0) is 37.1 Å². The van der Waals surface area contributed by atoms with E-state index in [1.54, 1.807) is 0 Å². The molecule has 0 aliphatic carbocycles. The molecule has 5 nitrogen and oxygen atoms in total. The van der Waals surface area contributed by atoms with Crippen molar-refractivity contribution < 1.29 is 8.42 Å². The van der Waals surface area contributed by atoms with Crippen LogP contribution in [0.1, 0.15) is 17.5 Å². The molecular formula is C12H19N3O2S2. The second-order valence-corrected chi connectivity index (χ2v) is 6.61. The number of benzene rings is 1. The van der Waals surface area contributed by atoms with Crippen molar-refractivity contribution in [2.24, 2.45) is 5.73 Å². The van der Waals surface area contributed by atoms with Crippen LogP contribution in [0.5, 0.6) is 0 Å². The largest absolute Gasteiger partial charge is 0.389 e. The van der Waals surface area contributed by atoms with Gasteiger partial charge in [-0.3, -0.25) is 0 Å². The summed E-state index contributed by atoms with van der Waals surface area (Å²) in [5.74, 6) is 0. The highest BCUT2D eigenvalue weighted by Gasteiger charge is 2.02. The molecule has 0 unspecified atom stereocenters. The van der Waals surface area contributed by atoms with Crippen LogP contribution < -0.4 is 15.8 Å². The first-order chi connectivity index (χ1) is 8.79. The van der Waals surface area contributed by atoms with Crippen molar-refractivity contribution in [1.29, 1.82) is 0 Å². The number of nitrogens with one attached hydrogen (secondary N) is 2. The van der Waals surface area contributed by atoms with Crippen LogP contribution in [0, 0.1) is 6.92 Å². The Morgan fingerprint density at radius 3 is 2.58 bits per heavy atom. The Morgan fingerprint density at radius 2 is 2.05 bits per heavy atom. The summed E-state index contributed by atoms with van der Waals surface area (Å²) in [4.78, 5) is 0.390. The van der Waals surface area contributed by atoms with E-state index in [-0.39, 0.29) is 0 Å². The van der Waals surface area contributed by atoms with Gasteiger partial charge in [0, 0.05) is 24.3 Å². The average Bonchev–Trinajstić information content (AvgIpc) is 2.26. The van der Waals surface area contributed by atoms with E-state index in [0.717, 1.165) is 23.1 Å². The molecule has 1 aromatic carbocycles. The molecule has 0 atom stereocenters. The van der Waals surface area contributed by atoms with Crippen molar-refractivity contribution in [3.8, 4) is 0 Å². The zero-order chi connectivity index (χ0) is 14.5. The summed E-state index contributed by atoms with van der Waals surface area (Å²) in [5, 5.41) is 3.22. The second kappa shape index (κ2) is 6.83. The normalized spacial score (nSPS) is 11.3. The molecule has 0 spiro atoms. The van der Waals surface area contributed by atoms with Gasteiger partial charge in [-0.15, -0.1) is 0 Å². The fraction of sp³-hybridized carbons (Fsp3) is 0.417. The zero-order valence-electron chi connectivity index (χ0n) is 11.1. The molecule has 0 aromatic heterocycles. The number of aryl methyl sites for hydroxylation is 1. The standard InChI is InChI=1S/C12H19N3O2S2/c1-9-8-10(4-5-11(9)12(13)18)14-6-3-7-15-19(2,16)17/h4-5,8,14-15H,3,6-7H2,1-2H3,(H2,13,18). The first-order valence-electron chi connectivity index (χ1n) is 5.88. The highest BCUT2D eigenvalue weighted by Crippen LogP contribution is 2.15. The average molecular weight is 301 g/mol. The third-order valence-corrected chi connectivity index (χ3v) is 3.49. The Labute approximate surface area is 119 Å². The molecular weight excluding hydrogens is 282 g/mol. The van der Waals surface area contributed by atoms with E-state index in [1.165, 1.54) is 0 Å². The minimum Gasteiger partial charge on any atom is -0.389 e. The molecule has 4 N–H and O–H groups in total. The Bertz CT molecular complexity index is 556. The first-order valence-corrected chi connectivity index (χ1v) is 8.18. The second-order valence-electron chi connectivity index (χ2n) is 4.34. The number of anilines is 1. The monoisotopic (exact) mass is 301 g/mol. The SMILES string of the molecule is Cc1cc(NCCCNS(C)(=O)=O)ccc1C(N)=S. The molecule has 19 heavy (non-hydrogen) atoms. The van der Waals surface area contributed by atoms with Crippen LogP contribution in [-0.2, 0) is 10.0 Å². The van der Waals surface area contributed by atoms with Crippen molar-refractivity contribution in [2.45, 2.75) is 13.3 Å². The Balaban J connectivity index is 2.42. The highest BCUT2D eigenvalue weighted by molar-refractivity contribution is 7.88. The molecule has 0 saturated heterocycles. The van der Waals surface area contributed by atoms with Gasteiger partial charge >= 0.3 is 0 Å². The van der Waals surface area contributed by atoms with Crippen molar-refractivity contribution >= 4 is 32.9 Å². The summed E-state index contributed by atoms with van der Waals surface area (Å²) in [6.45, 7) is 3.06. The fourth-order valence-electron chi connectivity index (χ4n) is 1.63. The third kappa shape index (κ3) is 6.00. The number of hydrogen-bond acceptors (Lipinski definition) is 4. The van der Waals surface area contributed by atoms with Crippen LogP contribution >= 0.6 is 12.2 Å². The van der Waals surface area contributed by atoms with Crippen molar-refractivity contribution in [3.63, 3.8) is 0 Å². The van der Waals surface area contributed by atoms with Gasteiger partial charge in [0.15, 0.2) is 0 Å². The molecule has 106 valence electrons. The van der Waals surface area contributed by atoms with Crippen LogP contribution in [0.25, 0.3) is 0 Å². The highest BCUT2D eigenvalue weighted by atomic mass is 32.2. The minimum absolute atomic E-state index is 0.390. The van der Waals surface area contributed by atoms with Crippen LogP contribution in [0.2, 0.25) is 0 Å². The molecule has 7 heteroatoms. The molecule has 0 bridgehead atoms. The number of sulfonamides is 1. The Kier molecular flexibility index (Phi) is 5.71. The van der Waals surface area contributed by atoms with Gasteiger partial charge < -0.3 is 11.1 Å². The molecule has 0 radical (unpaired) electrons. The van der Waals surface area contributed by atoms with Crippen molar-refractivity contribution in [1.82, 2.24) is 4.72 Å². The van der Waals surface area contributed by atoms with Crippen LogP contribution in [0.15, 0.2) is 18.2 Å². The van der Waals surface area contributed by atoms with E-state index in [4.69, 9.17) is 18.0 Å². The van der Waals surface area contributed by atoms with Gasteiger partial charge in [0.2, 0.25) is 10.0 Å². The van der Waals surface area contributed by atoms with Gasteiger partial charge in [0.1, 0.15) is 4.99 Å². The summed E-state index contributed by atoms with van der Waals surface area (Å²) < 4.78 is 24.2. The molecule has 1 aromatic rings. The maximum atomic E-state index is 10.9. The topological polar surface area (TPSA) is 84.2 Å². The van der Waals surface area contributed by atoms with Gasteiger partial charge in [0.25, 0.3) is 0 Å². The van der Waals surface area contributed by atoms with E-state index in [0.29, 0.717) is 24.5 Å². The molecule has 0 amide bonds. The Hall–Kier alpha value is -1.18. The smallest absolute Gasteiger partial charge is 0.208 e. The van der Waals surface area contributed by atoms with E-state index in [2.05, 4.69) is 10.0 Å². The van der Waals surface area contributed by atoms with Crippen LogP contribution in [0.4, 0.5) is 5.69 Å². The number of rotatable bonds is 7. The lowest BCUT2D eigenvalue weighted by Crippen LogP contribution is -2.24. The first kappa shape index (κ1) is 15.9. The summed E-state index contributed by atoms with van der Waals surface area (Å²) >= 11 is 4.94. The van der Waals surface area contributed by atoms with Gasteiger partial charge in [-0.25, -0.2) is 13.1 Å². The molecule has 1 rings (SSSR count). The van der Waals surface area contributed by atoms with E-state index < -0.39 is 10.0 Å². The molecule has 0 heterocycles. The number of hydrogen-bond donors (Lipinski definition) is 3. The van der Waals surface area contributed by atoms with Gasteiger partial charge in [-0.2, -0.15) is 0 Å². The van der Waals surface area contributed by atoms with Gasteiger partial charge in [0.05, 0.1) is 6.26 Å². The third-order valence-electron chi connectivity index (χ3n) is 2.54. The lowest BCUT2D eigenvalue weighted by molar-refractivity contribution is 0.586.